The van der Waals surface area contributed by atoms with Gasteiger partial charge in [0.25, 0.3) is 10.0 Å². The van der Waals surface area contributed by atoms with E-state index >= 15 is 0 Å². The zero-order valence-electron chi connectivity index (χ0n) is 22.5. The minimum Gasteiger partial charge on any atom is -0.352 e. The molecule has 0 bridgehead atoms. The van der Waals surface area contributed by atoms with E-state index in [-0.39, 0.29) is 23.4 Å². The van der Waals surface area contributed by atoms with Crippen LogP contribution < -0.4 is 9.62 Å². The summed E-state index contributed by atoms with van der Waals surface area (Å²) in [5, 5.41) is 3.75. The molecule has 0 radical (unpaired) electrons. The summed E-state index contributed by atoms with van der Waals surface area (Å²) in [6.07, 6.45) is 3.90. The summed E-state index contributed by atoms with van der Waals surface area (Å²) in [7, 11) is -4.10. The molecule has 4 rings (SSSR count). The van der Waals surface area contributed by atoms with Crippen molar-refractivity contribution in [2.75, 3.05) is 10.8 Å². The van der Waals surface area contributed by atoms with Gasteiger partial charge in [-0.2, -0.15) is 0 Å². The van der Waals surface area contributed by atoms with Gasteiger partial charge in [0.1, 0.15) is 12.6 Å². The van der Waals surface area contributed by atoms with Gasteiger partial charge in [0.05, 0.1) is 20.6 Å². The van der Waals surface area contributed by atoms with Crippen LogP contribution in [0.1, 0.15) is 43.7 Å². The van der Waals surface area contributed by atoms with Crippen molar-refractivity contribution in [3.63, 3.8) is 0 Å². The van der Waals surface area contributed by atoms with Gasteiger partial charge in [-0.25, -0.2) is 8.42 Å². The number of carbonyl (C=O) groups excluding carboxylic acids is 2. The SMILES string of the molecule is Cc1cccc(N(CC(=O)N(Cc2ccc(Cl)c(Cl)c2)[C@@H](C)C(=O)NC2CCCC2)S(=O)(=O)c2ccccc2)c1. The lowest BCUT2D eigenvalue weighted by molar-refractivity contribution is -0.139. The number of aryl methyl sites for hydroxylation is 1. The quantitative estimate of drug-likeness (QED) is 0.310. The van der Waals surface area contributed by atoms with Gasteiger partial charge in [-0.05, 0) is 74.2 Å². The molecule has 1 N–H and O–H groups in total. The van der Waals surface area contributed by atoms with Gasteiger partial charge in [0.15, 0.2) is 0 Å². The fourth-order valence-corrected chi connectivity index (χ4v) is 6.59. The maximum atomic E-state index is 14.0. The fourth-order valence-electron chi connectivity index (χ4n) is 4.84. The zero-order chi connectivity index (χ0) is 28.9. The highest BCUT2D eigenvalue weighted by Crippen LogP contribution is 2.27. The Hall–Kier alpha value is -3.07. The molecule has 7 nitrogen and oxygen atoms in total. The van der Waals surface area contributed by atoms with E-state index in [0.29, 0.717) is 21.3 Å². The Morgan fingerprint density at radius 3 is 2.30 bits per heavy atom. The van der Waals surface area contributed by atoms with E-state index in [2.05, 4.69) is 5.32 Å². The van der Waals surface area contributed by atoms with Crippen LogP contribution in [0, 0.1) is 6.92 Å². The highest BCUT2D eigenvalue weighted by atomic mass is 35.5. The second-order valence-electron chi connectivity index (χ2n) is 10.1. The minimum atomic E-state index is -4.10. The number of amides is 2. The van der Waals surface area contributed by atoms with E-state index in [1.54, 1.807) is 61.5 Å². The molecule has 2 amide bonds. The third kappa shape index (κ3) is 7.16. The molecular formula is C30H33Cl2N3O4S. The molecule has 0 unspecified atom stereocenters. The molecule has 0 heterocycles. The summed E-state index contributed by atoms with van der Waals surface area (Å²) >= 11 is 12.3. The second-order valence-corrected chi connectivity index (χ2v) is 12.8. The number of halogens is 2. The lowest BCUT2D eigenvalue weighted by Gasteiger charge is -2.32. The standard InChI is InChI=1S/C30H33Cl2N3O4S/c1-21-9-8-12-25(17-21)35(40(38,39)26-13-4-3-5-14-26)20-29(36)34(19-23-15-16-27(31)28(32)18-23)22(2)30(37)33-24-10-6-7-11-24/h3-5,8-9,12-18,22,24H,6-7,10-11,19-20H2,1-2H3,(H,33,37)/t22-/m0/s1. The topological polar surface area (TPSA) is 86.8 Å². The second kappa shape index (κ2) is 13.1. The third-order valence-electron chi connectivity index (χ3n) is 7.11. The van der Waals surface area contributed by atoms with Gasteiger partial charge >= 0.3 is 0 Å². The highest BCUT2D eigenvalue weighted by molar-refractivity contribution is 7.92. The smallest absolute Gasteiger partial charge is 0.264 e. The molecule has 1 atom stereocenters. The summed E-state index contributed by atoms with van der Waals surface area (Å²) < 4.78 is 28.7. The zero-order valence-corrected chi connectivity index (χ0v) is 24.8. The first-order valence-corrected chi connectivity index (χ1v) is 15.4. The van der Waals surface area contributed by atoms with Crippen LogP contribution in [-0.2, 0) is 26.2 Å². The molecule has 1 aliphatic carbocycles. The van der Waals surface area contributed by atoms with Crippen LogP contribution >= 0.6 is 23.2 Å². The van der Waals surface area contributed by atoms with Crippen LogP contribution in [0.5, 0.6) is 0 Å². The van der Waals surface area contributed by atoms with E-state index in [1.165, 1.54) is 17.0 Å². The summed E-state index contributed by atoms with van der Waals surface area (Å²) in [5.41, 5.74) is 1.86. The van der Waals surface area contributed by atoms with E-state index in [1.807, 2.05) is 13.0 Å². The third-order valence-corrected chi connectivity index (χ3v) is 9.63. The van der Waals surface area contributed by atoms with Crippen molar-refractivity contribution in [1.82, 2.24) is 10.2 Å². The monoisotopic (exact) mass is 601 g/mol. The van der Waals surface area contributed by atoms with Crippen LogP contribution in [0.3, 0.4) is 0 Å². The Labute approximate surface area is 246 Å². The molecule has 1 aliphatic rings. The number of anilines is 1. The molecule has 212 valence electrons. The van der Waals surface area contributed by atoms with Gasteiger partial charge in [-0.15, -0.1) is 0 Å². The lowest BCUT2D eigenvalue weighted by atomic mass is 10.1. The summed E-state index contributed by atoms with van der Waals surface area (Å²) in [4.78, 5) is 28.8. The molecule has 3 aromatic carbocycles. The maximum absolute atomic E-state index is 14.0. The molecule has 1 saturated carbocycles. The summed E-state index contributed by atoms with van der Waals surface area (Å²) in [6, 6.07) is 19.2. The number of nitrogens with one attached hydrogen (secondary N) is 1. The predicted octanol–water partition coefficient (Wildman–Crippen LogP) is 5.97. The van der Waals surface area contributed by atoms with Crippen LogP contribution in [0.25, 0.3) is 0 Å². The summed E-state index contributed by atoms with van der Waals surface area (Å²) in [6.45, 7) is 3.05. The summed E-state index contributed by atoms with van der Waals surface area (Å²) in [5.74, 6) is -0.811. The largest absolute Gasteiger partial charge is 0.352 e. The first-order chi connectivity index (χ1) is 19.1. The van der Waals surface area contributed by atoms with E-state index in [9.17, 15) is 18.0 Å². The van der Waals surface area contributed by atoms with Gasteiger partial charge in [-0.1, -0.05) is 72.4 Å². The first-order valence-electron chi connectivity index (χ1n) is 13.2. The minimum absolute atomic E-state index is 0.0437. The Morgan fingerprint density at radius 1 is 0.950 bits per heavy atom. The number of benzene rings is 3. The first kappa shape index (κ1) is 29.9. The fraction of sp³-hybridized carbons (Fsp3) is 0.333. The van der Waals surface area contributed by atoms with E-state index in [0.717, 1.165) is 35.6 Å². The average molecular weight is 603 g/mol. The van der Waals surface area contributed by atoms with E-state index < -0.39 is 28.5 Å². The molecule has 40 heavy (non-hydrogen) atoms. The number of sulfonamides is 1. The predicted molar refractivity (Wildman–Crippen MR) is 159 cm³/mol. The van der Waals surface area contributed by atoms with Crippen molar-refractivity contribution in [1.29, 1.82) is 0 Å². The molecule has 0 saturated heterocycles. The van der Waals surface area contributed by atoms with Gasteiger partial charge in [0, 0.05) is 12.6 Å². The van der Waals surface area contributed by atoms with Crippen molar-refractivity contribution in [3.05, 3.63) is 94.0 Å². The molecule has 1 fully saturated rings. The van der Waals surface area contributed by atoms with Crippen molar-refractivity contribution in [3.8, 4) is 0 Å². The number of carbonyl (C=O) groups is 2. The molecule has 0 aromatic heterocycles. The number of rotatable bonds is 10. The number of hydrogen-bond acceptors (Lipinski definition) is 4. The van der Waals surface area contributed by atoms with Crippen molar-refractivity contribution in [2.45, 2.75) is 63.1 Å². The Balaban J connectivity index is 1.69. The molecule has 0 aliphatic heterocycles. The van der Waals surface area contributed by atoms with Crippen molar-refractivity contribution in [2.24, 2.45) is 0 Å². The molecule has 3 aromatic rings. The van der Waals surface area contributed by atoms with Crippen LogP contribution in [0.2, 0.25) is 10.0 Å². The Kier molecular flexibility index (Phi) is 9.77. The molecular weight excluding hydrogens is 569 g/mol. The van der Waals surface area contributed by atoms with Crippen LogP contribution in [0.15, 0.2) is 77.7 Å². The highest BCUT2D eigenvalue weighted by Gasteiger charge is 2.33. The van der Waals surface area contributed by atoms with Crippen LogP contribution in [0.4, 0.5) is 5.69 Å². The average Bonchev–Trinajstić information content (AvgIpc) is 3.45. The Bertz CT molecular complexity index is 1460. The van der Waals surface area contributed by atoms with E-state index in [4.69, 9.17) is 23.2 Å². The molecule has 10 heteroatoms. The van der Waals surface area contributed by atoms with Gasteiger partial charge in [-0.3, -0.25) is 13.9 Å². The Morgan fingerprint density at radius 2 is 1.65 bits per heavy atom. The number of nitrogens with zero attached hydrogens (tertiary/aromatic N) is 2. The molecule has 0 spiro atoms. The number of hydrogen-bond donors (Lipinski definition) is 1. The van der Waals surface area contributed by atoms with Crippen molar-refractivity contribution < 1.29 is 18.0 Å². The lowest BCUT2D eigenvalue weighted by Crippen LogP contribution is -2.52. The van der Waals surface area contributed by atoms with Gasteiger partial charge < -0.3 is 10.2 Å². The van der Waals surface area contributed by atoms with Crippen LogP contribution in [-0.4, -0.2) is 43.8 Å². The normalized spacial score (nSPS) is 14.5. The van der Waals surface area contributed by atoms with Crippen molar-refractivity contribution >= 4 is 50.7 Å². The maximum Gasteiger partial charge on any atom is 0.264 e. The van der Waals surface area contributed by atoms with Gasteiger partial charge in [0.2, 0.25) is 11.8 Å².